The highest BCUT2D eigenvalue weighted by molar-refractivity contribution is 5.94. The first-order valence-electron chi connectivity index (χ1n) is 9.46. The summed E-state index contributed by atoms with van der Waals surface area (Å²) < 4.78 is 5.33. The summed E-state index contributed by atoms with van der Waals surface area (Å²) in [6, 6.07) is 18.7. The number of amides is 1. The minimum atomic E-state index is 0.0837. The maximum Gasteiger partial charge on any atom is 0.254 e. The first kappa shape index (κ1) is 19.4. The molecule has 0 radical (unpaired) electrons. The number of benzene rings is 2. The van der Waals surface area contributed by atoms with E-state index in [9.17, 15) is 4.79 Å². The predicted octanol–water partition coefficient (Wildman–Crippen LogP) is 2.90. The van der Waals surface area contributed by atoms with Crippen LogP contribution >= 0.6 is 0 Å². The summed E-state index contributed by atoms with van der Waals surface area (Å²) in [6.07, 6.45) is 0. The zero-order valence-electron chi connectivity index (χ0n) is 16.5. The lowest BCUT2D eigenvalue weighted by Gasteiger charge is -2.33. The number of nitrogens with zero attached hydrogens (tertiary/aromatic N) is 3. The van der Waals surface area contributed by atoms with Gasteiger partial charge in [0.25, 0.3) is 5.91 Å². The molecule has 1 amide bonds. The van der Waals surface area contributed by atoms with E-state index in [0.29, 0.717) is 26.3 Å². The highest BCUT2D eigenvalue weighted by atomic mass is 16.5. The average Bonchev–Trinajstić information content (AvgIpc) is 2.72. The minimum absolute atomic E-state index is 0.0837. The van der Waals surface area contributed by atoms with Gasteiger partial charge in [0.1, 0.15) is 0 Å². The molecule has 2 aromatic rings. The molecule has 0 saturated carbocycles. The molecular formula is C22H29N3O2. The molecule has 0 spiro atoms. The Morgan fingerprint density at radius 1 is 1.00 bits per heavy atom. The molecule has 0 aliphatic carbocycles. The van der Waals surface area contributed by atoms with Crippen LogP contribution in [0.1, 0.15) is 22.0 Å². The van der Waals surface area contributed by atoms with Gasteiger partial charge in [-0.2, -0.15) is 0 Å². The number of hydrogen-bond acceptors (Lipinski definition) is 4. The Morgan fingerprint density at radius 3 is 2.22 bits per heavy atom. The van der Waals surface area contributed by atoms with Crippen LogP contribution in [0, 0.1) is 0 Å². The molecule has 1 heterocycles. The summed E-state index contributed by atoms with van der Waals surface area (Å²) in [5.41, 5.74) is 3.12. The molecule has 5 heteroatoms. The molecular weight excluding hydrogens is 338 g/mol. The van der Waals surface area contributed by atoms with Crippen molar-refractivity contribution < 1.29 is 9.53 Å². The van der Waals surface area contributed by atoms with Crippen LogP contribution in [-0.4, -0.2) is 69.7 Å². The maximum absolute atomic E-state index is 12.6. The maximum atomic E-state index is 12.6. The number of rotatable bonds is 6. The molecule has 144 valence electrons. The second-order valence-corrected chi connectivity index (χ2v) is 7.25. The van der Waals surface area contributed by atoms with E-state index < -0.39 is 0 Å². The third-order valence-corrected chi connectivity index (χ3v) is 5.01. The normalized spacial score (nSPS) is 15.6. The Bertz CT molecular complexity index is 725. The lowest BCUT2D eigenvalue weighted by Crippen LogP contribution is -2.40. The molecule has 1 aliphatic rings. The lowest BCUT2D eigenvalue weighted by molar-refractivity contribution is 0.0303. The monoisotopic (exact) mass is 367 g/mol. The van der Waals surface area contributed by atoms with Crippen LogP contribution in [0.3, 0.4) is 0 Å². The van der Waals surface area contributed by atoms with E-state index in [1.54, 1.807) is 0 Å². The highest BCUT2D eigenvalue weighted by Crippen LogP contribution is 2.26. The summed E-state index contributed by atoms with van der Waals surface area (Å²) in [5.74, 6) is 0.0837. The van der Waals surface area contributed by atoms with Crippen molar-refractivity contribution >= 4 is 11.6 Å². The van der Waals surface area contributed by atoms with Crippen LogP contribution < -0.4 is 4.90 Å². The van der Waals surface area contributed by atoms with Crippen molar-refractivity contribution in [3.05, 3.63) is 65.7 Å². The minimum Gasteiger partial charge on any atom is -0.378 e. The number of likely N-dealkylation sites (N-methyl/N-ethyl adjacent to an activating group) is 2. The van der Waals surface area contributed by atoms with Gasteiger partial charge in [-0.25, -0.2) is 0 Å². The Balaban J connectivity index is 1.76. The molecule has 1 atom stereocenters. The largest absolute Gasteiger partial charge is 0.378 e. The molecule has 1 fully saturated rings. The molecule has 5 nitrogen and oxygen atoms in total. The Morgan fingerprint density at radius 2 is 1.63 bits per heavy atom. The van der Waals surface area contributed by atoms with Crippen molar-refractivity contribution in [1.29, 1.82) is 0 Å². The van der Waals surface area contributed by atoms with Gasteiger partial charge >= 0.3 is 0 Å². The Hall–Kier alpha value is -2.37. The fraction of sp³-hybridized carbons (Fsp3) is 0.409. The number of anilines is 1. The van der Waals surface area contributed by atoms with Crippen molar-refractivity contribution in [1.82, 2.24) is 9.80 Å². The third-order valence-electron chi connectivity index (χ3n) is 5.01. The van der Waals surface area contributed by atoms with Gasteiger partial charge in [-0.1, -0.05) is 30.3 Å². The van der Waals surface area contributed by atoms with E-state index >= 15 is 0 Å². The first-order valence-corrected chi connectivity index (χ1v) is 9.46. The number of carbonyl (C=O) groups excluding carboxylic acids is 1. The van der Waals surface area contributed by atoms with Crippen molar-refractivity contribution in [2.75, 3.05) is 58.9 Å². The van der Waals surface area contributed by atoms with E-state index in [-0.39, 0.29) is 11.9 Å². The Labute approximate surface area is 162 Å². The fourth-order valence-electron chi connectivity index (χ4n) is 3.44. The SMILES string of the molecule is CN(C)CC(c1ccccc1)N(C)c1ccc(C(=O)N2CCOCC2)cc1. The van der Waals surface area contributed by atoms with Gasteiger partial charge in [0.05, 0.1) is 19.3 Å². The van der Waals surface area contributed by atoms with Crippen molar-refractivity contribution in [3.63, 3.8) is 0 Å². The van der Waals surface area contributed by atoms with Crippen LogP contribution in [0.2, 0.25) is 0 Å². The van der Waals surface area contributed by atoms with Crippen LogP contribution in [0.5, 0.6) is 0 Å². The molecule has 2 aromatic carbocycles. The summed E-state index contributed by atoms with van der Waals surface area (Å²) in [5, 5.41) is 0. The number of hydrogen-bond donors (Lipinski definition) is 0. The molecule has 1 aliphatic heterocycles. The second kappa shape index (κ2) is 9.02. The van der Waals surface area contributed by atoms with Crippen LogP contribution in [0.15, 0.2) is 54.6 Å². The number of carbonyl (C=O) groups is 1. The van der Waals surface area contributed by atoms with Crippen LogP contribution in [0.4, 0.5) is 5.69 Å². The van der Waals surface area contributed by atoms with Gasteiger partial charge < -0.3 is 19.4 Å². The molecule has 0 aromatic heterocycles. The topological polar surface area (TPSA) is 36.0 Å². The van der Waals surface area contributed by atoms with E-state index in [1.165, 1.54) is 5.56 Å². The second-order valence-electron chi connectivity index (χ2n) is 7.25. The lowest BCUT2D eigenvalue weighted by atomic mass is 10.0. The van der Waals surface area contributed by atoms with E-state index in [1.807, 2.05) is 35.2 Å². The molecule has 27 heavy (non-hydrogen) atoms. The van der Waals surface area contributed by atoms with Gasteiger partial charge in [0.2, 0.25) is 0 Å². The van der Waals surface area contributed by atoms with Crippen molar-refractivity contribution in [2.24, 2.45) is 0 Å². The quantitative estimate of drug-likeness (QED) is 0.787. The standard InChI is InChI=1S/C22H29N3O2/c1-23(2)17-21(18-7-5-4-6-8-18)24(3)20-11-9-19(10-12-20)22(26)25-13-15-27-16-14-25/h4-12,21H,13-17H2,1-3H3. The van der Waals surface area contributed by atoms with Gasteiger partial charge in [0, 0.05) is 37.9 Å². The van der Waals surface area contributed by atoms with E-state index in [4.69, 9.17) is 4.74 Å². The molecule has 0 N–H and O–H groups in total. The zero-order chi connectivity index (χ0) is 19.2. The predicted molar refractivity (Wildman–Crippen MR) is 109 cm³/mol. The van der Waals surface area contributed by atoms with Gasteiger partial charge in [-0.05, 0) is 43.9 Å². The summed E-state index contributed by atoms with van der Waals surface area (Å²) in [6.45, 7) is 3.49. The molecule has 1 saturated heterocycles. The average molecular weight is 367 g/mol. The first-order chi connectivity index (χ1) is 13.1. The fourth-order valence-corrected chi connectivity index (χ4v) is 3.44. The molecule has 0 bridgehead atoms. The zero-order valence-corrected chi connectivity index (χ0v) is 16.5. The molecule has 1 unspecified atom stereocenters. The van der Waals surface area contributed by atoms with E-state index in [2.05, 4.69) is 55.2 Å². The van der Waals surface area contributed by atoms with E-state index in [0.717, 1.165) is 17.8 Å². The highest BCUT2D eigenvalue weighted by Gasteiger charge is 2.21. The summed E-state index contributed by atoms with van der Waals surface area (Å²) in [7, 11) is 6.29. The Kier molecular flexibility index (Phi) is 6.48. The van der Waals surface area contributed by atoms with Crippen molar-refractivity contribution in [3.8, 4) is 0 Å². The smallest absolute Gasteiger partial charge is 0.254 e. The number of ether oxygens (including phenoxy) is 1. The van der Waals surface area contributed by atoms with Crippen LogP contribution in [-0.2, 0) is 4.74 Å². The van der Waals surface area contributed by atoms with Gasteiger partial charge in [0.15, 0.2) is 0 Å². The number of morpholine rings is 1. The van der Waals surface area contributed by atoms with Crippen LogP contribution in [0.25, 0.3) is 0 Å². The molecule has 3 rings (SSSR count). The summed E-state index contributed by atoms with van der Waals surface area (Å²) in [4.78, 5) is 19.0. The van der Waals surface area contributed by atoms with Gasteiger partial charge in [-0.15, -0.1) is 0 Å². The third kappa shape index (κ3) is 4.87. The van der Waals surface area contributed by atoms with Gasteiger partial charge in [-0.3, -0.25) is 4.79 Å². The van der Waals surface area contributed by atoms with Crippen molar-refractivity contribution in [2.45, 2.75) is 6.04 Å². The summed E-state index contributed by atoms with van der Waals surface area (Å²) >= 11 is 0.